The largest absolute Gasteiger partial charge is 0.469 e. The van der Waals surface area contributed by atoms with Crippen LogP contribution in [0.1, 0.15) is 96.3 Å². The van der Waals surface area contributed by atoms with Crippen molar-refractivity contribution in [2.24, 2.45) is 0 Å². The highest BCUT2D eigenvalue weighted by molar-refractivity contribution is 5.68. The first-order valence-electron chi connectivity index (χ1n) is 9.95. The van der Waals surface area contributed by atoms with Crippen LogP contribution < -0.4 is 0 Å². The maximum atomic E-state index is 11.0. The highest BCUT2D eigenvalue weighted by atomic mass is 16.5. The molecule has 0 spiro atoms. The molecule has 0 aliphatic heterocycles. The summed E-state index contributed by atoms with van der Waals surface area (Å²) < 4.78 is 10.2. The predicted octanol–water partition coefficient (Wildman–Crippen LogP) is 5.02. The number of unbranched alkanes of at least 4 members (excludes halogenated alkanes) is 10. The second kappa shape index (κ2) is 18.7. The summed E-state index contributed by atoms with van der Waals surface area (Å²) in [5, 5.41) is 8.73. The molecule has 0 aromatic rings. The molecule has 0 aromatic heterocycles. The average molecular weight is 345 g/mol. The number of carbonyl (C=O) groups excluding carboxylic acids is 1. The van der Waals surface area contributed by atoms with Crippen LogP contribution >= 0.6 is 0 Å². The van der Waals surface area contributed by atoms with Gasteiger partial charge in [0.15, 0.2) is 0 Å². The lowest BCUT2D eigenvalue weighted by Crippen LogP contribution is -2.10. The van der Waals surface area contributed by atoms with Crippen LogP contribution in [0.4, 0.5) is 0 Å². The van der Waals surface area contributed by atoms with Crippen LogP contribution in [-0.4, -0.2) is 38.0 Å². The van der Waals surface area contributed by atoms with Crippen molar-refractivity contribution in [2.75, 3.05) is 20.8 Å². The number of ether oxygens (including phenoxy) is 2. The Hall–Kier alpha value is -0.610. The highest BCUT2D eigenvalue weighted by Crippen LogP contribution is 2.16. The number of aliphatic hydroxyl groups is 1. The Morgan fingerprint density at radius 1 is 0.750 bits per heavy atom. The van der Waals surface area contributed by atoms with Crippen molar-refractivity contribution in [1.82, 2.24) is 0 Å². The Balaban J connectivity index is 3.34. The van der Waals surface area contributed by atoms with Gasteiger partial charge in [-0.1, -0.05) is 64.2 Å². The molecular weight excluding hydrogens is 304 g/mol. The monoisotopic (exact) mass is 344 g/mol. The van der Waals surface area contributed by atoms with Gasteiger partial charge in [0.25, 0.3) is 0 Å². The molecule has 0 rings (SSSR count). The van der Waals surface area contributed by atoms with Crippen LogP contribution in [0.3, 0.4) is 0 Å². The smallest absolute Gasteiger partial charge is 0.305 e. The molecular formula is C20H40O4. The van der Waals surface area contributed by atoms with E-state index in [1.54, 1.807) is 0 Å². The van der Waals surface area contributed by atoms with E-state index in [4.69, 9.17) is 9.84 Å². The fraction of sp³-hybridized carbons (Fsp3) is 0.950. The molecule has 0 amide bonds. The number of esters is 1. The Labute approximate surface area is 149 Å². The maximum absolute atomic E-state index is 11.0. The quantitative estimate of drug-likeness (QED) is 0.280. The molecule has 0 aliphatic rings. The summed E-state index contributed by atoms with van der Waals surface area (Å²) in [6, 6.07) is 0. The van der Waals surface area contributed by atoms with Gasteiger partial charge in [-0.2, -0.15) is 0 Å². The Morgan fingerprint density at radius 3 is 1.67 bits per heavy atom. The van der Waals surface area contributed by atoms with Gasteiger partial charge >= 0.3 is 5.97 Å². The summed E-state index contributed by atoms with van der Waals surface area (Å²) in [4.78, 5) is 11.0. The fourth-order valence-corrected chi connectivity index (χ4v) is 3.02. The lowest BCUT2D eigenvalue weighted by molar-refractivity contribution is -0.140. The van der Waals surface area contributed by atoms with E-state index in [0.29, 0.717) is 19.1 Å². The van der Waals surface area contributed by atoms with Crippen molar-refractivity contribution in [2.45, 2.75) is 102 Å². The van der Waals surface area contributed by atoms with Crippen molar-refractivity contribution in [3.63, 3.8) is 0 Å². The molecule has 0 aliphatic carbocycles. The van der Waals surface area contributed by atoms with Gasteiger partial charge in [0.05, 0.1) is 13.2 Å². The van der Waals surface area contributed by atoms with Crippen LogP contribution in [0.15, 0.2) is 0 Å². The molecule has 1 atom stereocenters. The first-order chi connectivity index (χ1) is 11.7. The molecule has 144 valence electrons. The second-order valence-corrected chi connectivity index (χ2v) is 6.73. The minimum atomic E-state index is -0.0914. The third-order valence-corrected chi connectivity index (χ3v) is 4.65. The fourth-order valence-electron chi connectivity index (χ4n) is 3.02. The van der Waals surface area contributed by atoms with E-state index in [1.807, 2.05) is 7.11 Å². The van der Waals surface area contributed by atoms with Crippen LogP contribution in [-0.2, 0) is 14.3 Å². The van der Waals surface area contributed by atoms with Crippen molar-refractivity contribution >= 4 is 5.97 Å². The van der Waals surface area contributed by atoms with Gasteiger partial charge in [0.2, 0.25) is 0 Å². The molecule has 0 unspecified atom stereocenters. The Morgan fingerprint density at radius 2 is 1.21 bits per heavy atom. The van der Waals surface area contributed by atoms with Gasteiger partial charge < -0.3 is 14.6 Å². The van der Waals surface area contributed by atoms with Crippen molar-refractivity contribution in [3.05, 3.63) is 0 Å². The predicted molar refractivity (Wildman–Crippen MR) is 99.2 cm³/mol. The van der Waals surface area contributed by atoms with Crippen LogP contribution in [0, 0.1) is 0 Å². The van der Waals surface area contributed by atoms with Gasteiger partial charge in [-0.05, 0) is 25.7 Å². The van der Waals surface area contributed by atoms with Crippen molar-refractivity contribution < 1.29 is 19.4 Å². The van der Waals surface area contributed by atoms with Crippen LogP contribution in [0.2, 0.25) is 0 Å². The number of aliphatic hydroxyl groups excluding tert-OH is 1. The molecule has 0 saturated heterocycles. The summed E-state index contributed by atoms with van der Waals surface area (Å²) >= 11 is 0. The minimum absolute atomic E-state index is 0.0914. The van der Waals surface area contributed by atoms with E-state index >= 15 is 0 Å². The summed E-state index contributed by atoms with van der Waals surface area (Å²) in [6.45, 7) is 0.330. The molecule has 0 saturated carbocycles. The number of carbonyl (C=O) groups is 1. The zero-order valence-electron chi connectivity index (χ0n) is 16.1. The van der Waals surface area contributed by atoms with Gasteiger partial charge in [0, 0.05) is 20.1 Å². The van der Waals surface area contributed by atoms with Crippen molar-refractivity contribution in [3.8, 4) is 0 Å². The highest BCUT2D eigenvalue weighted by Gasteiger charge is 2.06. The van der Waals surface area contributed by atoms with E-state index < -0.39 is 0 Å². The SMILES string of the molecule is COC(=O)CCCCCCCC[C@@H](CCCCCCCCO)OC. The van der Waals surface area contributed by atoms with E-state index in [-0.39, 0.29) is 5.97 Å². The first kappa shape index (κ1) is 23.4. The molecule has 0 radical (unpaired) electrons. The number of rotatable bonds is 18. The van der Waals surface area contributed by atoms with Gasteiger partial charge in [-0.15, -0.1) is 0 Å². The zero-order valence-corrected chi connectivity index (χ0v) is 16.1. The third kappa shape index (κ3) is 16.3. The molecule has 0 heterocycles. The summed E-state index contributed by atoms with van der Waals surface area (Å²) in [5.74, 6) is -0.0914. The lowest BCUT2D eigenvalue weighted by Gasteiger charge is -2.15. The zero-order chi connectivity index (χ0) is 17.9. The average Bonchev–Trinajstić information content (AvgIpc) is 2.60. The summed E-state index contributed by atoms with van der Waals surface area (Å²) in [5.41, 5.74) is 0. The second-order valence-electron chi connectivity index (χ2n) is 6.73. The molecule has 24 heavy (non-hydrogen) atoms. The Kier molecular flexibility index (Phi) is 18.2. The molecule has 4 heteroatoms. The molecule has 1 N–H and O–H groups in total. The van der Waals surface area contributed by atoms with Crippen molar-refractivity contribution in [1.29, 1.82) is 0 Å². The maximum Gasteiger partial charge on any atom is 0.305 e. The van der Waals surface area contributed by atoms with Crippen LogP contribution in [0.5, 0.6) is 0 Å². The molecule has 0 fully saturated rings. The minimum Gasteiger partial charge on any atom is -0.469 e. The molecule has 0 aromatic carbocycles. The number of hydrogen-bond acceptors (Lipinski definition) is 4. The molecule has 4 nitrogen and oxygen atoms in total. The Bertz CT molecular complexity index is 268. The summed E-state index contributed by atoms with van der Waals surface area (Å²) in [7, 11) is 3.28. The summed E-state index contributed by atoms with van der Waals surface area (Å²) in [6.07, 6.45) is 17.5. The van der Waals surface area contributed by atoms with E-state index in [9.17, 15) is 4.79 Å². The van der Waals surface area contributed by atoms with E-state index in [1.165, 1.54) is 71.3 Å². The standard InChI is InChI=1S/C20H40O4/c1-23-19(16-12-8-5-6-10-14-18-21)15-11-7-3-4-9-13-17-20(22)24-2/h19,21H,3-18H2,1-2H3/t19-/m0/s1. The van der Waals surface area contributed by atoms with E-state index in [2.05, 4.69) is 4.74 Å². The van der Waals surface area contributed by atoms with Gasteiger partial charge in [-0.3, -0.25) is 4.79 Å². The molecule has 0 bridgehead atoms. The normalized spacial score (nSPS) is 12.3. The number of hydrogen-bond donors (Lipinski definition) is 1. The lowest BCUT2D eigenvalue weighted by atomic mass is 10.0. The first-order valence-corrected chi connectivity index (χ1v) is 9.95. The topological polar surface area (TPSA) is 55.8 Å². The van der Waals surface area contributed by atoms with Gasteiger partial charge in [0.1, 0.15) is 0 Å². The number of methoxy groups -OCH3 is 2. The van der Waals surface area contributed by atoms with Gasteiger partial charge in [-0.25, -0.2) is 0 Å². The third-order valence-electron chi connectivity index (χ3n) is 4.65. The van der Waals surface area contributed by atoms with Crippen LogP contribution in [0.25, 0.3) is 0 Å². The van der Waals surface area contributed by atoms with E-state index in [0.717, 1.165) is 25.7 Å².